The fraction of sp³-hybridized carbons (Fsp3) is 0.375. The number of benzene rings is 1. The zero-order chi connectivity index (χ0) is 15.1. The molecule has 1 aromatic heterocycles. The predicted molar refractivity (Wildman–Crippen MR) is 81.9 cm³/mol. The smallest absolute Gasteiger partial charge is 0.335 e. The molecule has 5 heteroatoms. The lowest BCUT2D eigenvalue weighted by atomic mass is 10.2. The molecule has 0 amide bonds. The number of aliphatic hydroxyl groups excluding tert-OH is 1. The third-order valence-electron chi connectivity index (χ3n) is 3.38. The van der Waals surface area contributed by atoms with Gasteiger partial charge < -0.3 is 9.67 Å². The lowest BCUT2D eigenvalue weighted by Gasteiger charge is -2.09. The van der Waals surface area contributed by atoms with Gasteiger partial charge in [0.25, 0.3) is 5.56 Å². The molecule has 2 rings (SSSR count). The van der Waals surface area contributed by atoms with Crippen molar-refractivity contribution < 1.29 is 5.11 Å². The Balaban J connectivity index is 2.18. The molecular formula is C16H20N2O3. The summed E-state index contributed by atoms with van der Waals surface area (Å²) in [5.74, 6) is 0. The van der Waals surface area contributed by atoms with E-state index in [0.717, 1.165) is 25.7 Å². The number of unbranched alkanes of at least 4 members (excludes halogenated alkanes) is 3. The summed E-state index contributed by atoms with van der Waals surface area (Å²) < 4.78 is 2.75. The van der Waals surface area contributed by atoms with Gasteiger partial charge in [-0.15, -0.1) is 0 Å². The van der Waals surface area contributed by atoms with Crippen LogP contribution in [0.2, 0.25) is 0 Å². The van der Waals surface area contributed by atoms with Crippen molar-refractivity contribution in [3.05, 3.63) is 63.4 Å². The molecule has 0 atom stereocenters. The Hall–Kier alpha value is -2.14. The van der Waals surface area contributed by atoms with Crippen LogP contribution >= 0.6 is 0 Å². The number of aromatic nitrogens is 2. The maximum Gasteiger partial charge on any atom is 0.335 e. The van der Waals surface area contributed by atoms with Crippen molar-refractivity contribution in [3.8, 4) is 5.69 Å². The van der Waals surface area contributed by atoms with E-state index in [4.69, 9.17) is 5.11 Å². The number of aliphatic hydroxyl groups is 1. The van der Waals surface area contributed by atoms with E-state index in [9.17, 15) is 9.59 Å². The van der Waals surface area contributed by atoms with Crippen LogP contribution in [0.15, 0.2) is 52.2 Å². The predicted octanol–water partition coefficient (Wildman–Crippen LogP) is 1.55. The zero-order valence-electron chi connectivity index (χ0n) is 11.9. The first-order valence-corrected chi connectivity index (χ1v) is 7.23. The first-order chi connectivity index (χ1) is 10.2. The SMILES string of the molecule is O=c1ccn(CCCCCCO)c(=O)n1-c1ccccc1. The molecule has 5 nitrogen and oxygen atoms in total. The number of aryl methyl sites for hydroxylation is 1. The average molecular weight is 288 g/mol. The molecule has 0 saturated carbocycles. The molecule has 0 saturated heterocycles. The maximum absolute atomic E-state index is 12.4. The lowest BCUT2D eigenvalue weighted by molar-refractivity contribution is 0.282. The second-order valence-electron chi connectivity index (χ2n) is 4.94. The van der Waals surface area contributed by atoms with Crippen molar-refractivity contribution in [1.29, 1.82) is 0 Å². The summed E-state index contributed by atoms with van der Waals surface area (Å²) in [6.07, 6.45) is 5.10. The van der Waals surface area contributed by atoms with E-state index in [1.54, 1.807) is 35.0 Å². The first-order valence-electron chi connectivity index (χ1n) is 7.23. The van der Waals surface area contributed by atoms with E-state index >= 15 is 0 Å². The molecule has 21 heavy (non-hydrogen) atoms. The fourth-order valence-electron chi connectivity index (χ4n) is 2.25. The lowest BCUT2D eigenvalue weighted by Crippen LogP contribution is -2.37. The van der Waals surface area contributed by atoms with Crippen molar-refractivity contribution in [3.63, 3.8) is 0 Å². The van der Waals surface area contributed by atoms with Gasteiger partial charge >= 0.3 is 5.69 Å². The van der Waals surface area contributed by atoms with Gasteiger partial charge in [-0.05, 0) is 25.0 Å². The molecule has 0 fully saturated rings. The van der Waals surface area contributed by atoms with Gasteiger partial charge in [-0.2, -0.15) is 0 Å². The van der Waals surface area contributed by atoms with Crippen molar-refractivity contribution in [2.24, 2.45) is 0 Å². The molecule has 0 spiro atoms. The molecule has 0 aliphatic heterocycles. The summed E-state index contributed by atoms with van der Waals surface area (Å²) in [7, 11) is 0. The zero-order valence-corrected chi connectivity index (χ0v) is 11.9. The van der Waals surface area contributed by atoms with E-state index in [2.05, 4.69) is 0 Å². The minimum absolute atomic E-state index is 0.207. The Labute approximate surface area is 123 Å². The van der Waals surface area contributed by atoms with E-state index < -0.39 is 0 Å². The van der Waals surface area contributed by atoms with Crippen LogP contribution in [-0.2, 0) is 6.54 Å². The van der Waals surface area contributed by atoms with Gasteiger partial charge in [0.1, 0.15) is 0 Å². The maximum atomic E-state index is 12.4. The standard InChI is InChI=1S/C16H20N2O3/c19-13-7-2-1-6-11-17-12-10-15(20)18(16(17)21)14-8-4-3-5-9-14/h3-5,8-10,12,19H,1-2,6-7,11,13H2. The van der Waals surface area contributed by atoms with Crippen LogP contribution in [0.5, 0.6) is 0 Å². The first kappa shape index (κ1) is 15.3. The highest BCUT2D eigenvalue weighted by Gasteiger charge is 2.06. The molecule has 0 unspecified atom stereocenters. The fourth-order valence-corrected chi connectivity index (χ4v) is 2.25. The number of para-hydroxylation sites is 1. The van der Waals surface area contributed by atoms with Gasteiger partial charge in [-0.25, -0.2) is 9.36 Å². The second-order valence-corrected chi connectivity index (χ2v) is 4.94. The Morgan fingerprint density at radius 2 is 1.62 bits per heavy atom. The van der Waals surface area contributed by atoms with Crippen LogP contribution in [0, 0.1) is 0 Å². The Morgan fingerprint density at radius 3 is 2.33 bits per heavy atom. The average Bonchev–Trinajstić information content (AvgIpc) is 2.50. The van der Waals surface area contributed by atoms with Gasteiger partial charge in [0.05, 0.1) is 5.69 Å². The van der Waals surface area contributed by atoms with Crippen molar-refractivity contribution >= 4 is 0 Å². The molecule has 0 radical (unpaired) electrons. The Bertz CT molecular complexity index is 674. The van der Waals surface area contributed by atoms with E-state index in [0.29, 0.717) is 12.2 Å². The number of hydrogen-bond donors (Lipinski definition) is 1. The van der Waals surface area contributed by atoms with E-state index in [1.807, 2.05) is 6.07 Å². The van der Waals surface area contributed by atoms with Crippen LogP contribution in [0.3, 0.4) is 0 Å². The number of rotatable bonds is 7. The number of nitrogens with zero attached hydrogens (tertiary/aromatic N) is 2. The van der Waals surface area contributed by atoms with E-state index in [-0.39, 0.29) is 17.9 Å². The molecule has 0 aliphatic carbocycles. The minimum Gasteiger partial charge on any atom is -0.396 e. The summed E-state index contributed by atoms with van der Waals surface area (Å²) in [6, 6.07) is 10.4. The monoisotopic (exact) mass is 288 g/mol. The summed E-state index contributed by atoms with van der Waals surface area (Å²) in [4.78, 5) is 24.3. The van der Waals surface area contributed by atoms with Crippen LogP contribution in [0.1, 0.15) is 25.7 Å². The normalized spacial score (nSPS) is 10.7. The topological polar surface area (TPSA) is 64.2 Å². The third kappa shape index (κ3) is 3.92. The van der Waals surface area contributed by atoms with E-state index in [1.165, 1.54) is 10.6 Å². The van der Waals surface area contributed by atoms with Crippen LogP contribution < -0.4 is 11.2 Å². The van der Waals surface area contributed by atoms with Gasteiger partial charge in [0.2, 0.25) is 0 Å². The van der Waals surface area contributed by atoms with Crippen molar-refractivity contribution in [2.45, 2.75) is 32.2 Å². The van der Waals surface area contributed by atoms with Gasteiger partial charge in [-0.1, -0.05) is 31.0 Å². The number of hydrogen-bond acceptors (Lipinski definition) is 3. The summed E-state index contributed by atoms with van der Waals surface area (Å²) in [5.41, 5.74) is -0.0410. The molecule has 0 aliphatic rings. The molecular weight excluding hydrogens is 268 g/mol. The molecule has 112 valence electrons. The minimum atomic E-state index is -0.317. The summed E-state index contributed by atoms with van der Waals surface area (Å²) in [5, 5.41) is 8.73. The molecule has 1 aromatic carbocycles. The summed E-state index contributed by atoms with van der Waals surface area (Å²) >= 11 is 0. The van der Waals surface area contributed by atoms with Crippen molar-refractivity contribution in [1.82, 2.24) is 9.13 Å². The Kier molecular flexibility index (Phi) is 5.51. The summed E-state index contributed by atoms with van der Waals surface area (Å²) in [6.45, 7) is 0.788. The van der Waals surface area contributed by atoms with Crippen LogP contribution in [0.25, 0.3) is 5.69 Å². The van der Waals surface area contributed by atoms with Crippen molar-refractivity contribution in [2.75, 3.05) is 6.61 Å². The van der Waals surface area contributed by atoms with Gasteiger partial charge in [0, 0.05) is 25.4 Å². The highest BCUT2D eigenvalue weighted by Crippen LogP contribution is 2.02. The highest BCUT2D eigenvalue weighted by molar-refractivity contribution is 5.30. The largest absolute Gasteiger partial charge is 0.396 e. The Morgan fingerprint density at radius 1 is 0.905 bits per heavy atom. The third-order valence-corrected chi connectivity index (χ3v) is 3.38. The highest BCUT2D eigenvalue weighted by atomic mass is 16.3. The molecule has 0 bridgehead atoms. The van der Waals surface area contributed by atoms with Gasteiger partial charge in [0.15, 0.2) is 0 Å². The molecule has 1 N–H and O–H groups in total. The molecule has 1 heterocycles. The van der Waals surface area contributed by atoms with Crippen LogP contribution in [-0.4, -0.2) is 20.8 Å². The second kappa shape index (κ2) is 7.59. The molecule has 2 aromatic rings. The van der Waals surface area contributed by atoms with Gasteiger partial charge in [-0.3, -0.25) is 4.79 Å². The quantitative estimate of drug-likeness (QED) is 0.786. The van der Waals surface area contributed by atoms with Crippen LogP contribution in [0.4, 0.5) is 0 Å².